The number of para-hydroxylation sites is 1. The highest BCUT2D eigenvalue weighted by molar-refractivity contribution is 6.34. The van der Waals surface area contributed by atoms with Gasteiger partial charge in [0.25, 0.3) is 5.91 Å². The maximum absolute atomic E-state index is 14.7. The van der Waals surface area contributed by atoms with Crippen LogP contribution in [0.4, 0.5) is 5.69 Å². The number of ether oxygens (including phenoxy) is 1. The number of hydrogen-bond donors (Lipinski definition) is 1. The first kappa shape index (κ1) is 25.8. The first-order valence-electron chi connectivity index (χ1n) is 13.1. The first-order chi connectivity index (χ1) is 18.8. The van der Waals surface area contributed by atoms with Crippen LogP contribution in [0.2, 0.25) is 5.02 Å². The smallest absolute Gasteiger partial charge is 0.253 e. The van der Waals surface area contributed by atoms with Crippen LogP contribution in [-0.4, -0.2) is 77.1 Å². The Morgan fingerprint density at radius 3 is 2.51 bits per heavy atom. The number of carbonyl (C=O) groups excluding carboxylic acids is 3. The molecule has 2 aromatic carbocycles. The van der Waals surface area contributed by atoms with Crippen molar-refractivity contribution >= 4 is 35.0 Å². The minimum Gasteiger partial charge on any atom is -0.394 e. The van der Waals surface area contributed by atoms with Gasteiger partial charge in [0.15, 0.2) is 0 Å². The van der Waals surface area contributed by atoms with Gasteiger partial charge in [-0.3, -0.25) is 14.4 Å². The number of halogens is 1. The highest BCUT2D eigenvalue weighted by atomic mass is 35.5. The SMILES string of the molecule is Cc1cccc(Cl)c1N1CC=C[C@]23O[C@H]4C=CCN(C)C(=O)[C@H]4[C@H]2C(=O)N([C@H](CO)c2ccccc2)C3C1=O. The molecule has 1 spiro atoms. The lowest BCUT2D eigenvalue weighted by Crippen LogP contribution is -2.56. The molecule has 2 fully saturated rings. The summed E-state index contributed by atoms with van der Waals surface area (Å²) in [6.07, 6.45) is 6.65. The molecule has 0 aliphatic carbocycles. The number of amides is 3. The molecule has 4 heterocycles. The van der Waals surface area contributed by atoms with Crippen LogP contribution in [-0.2, 0) is 19.1 Å². The molecule has 39 heavy (non-hydrogen) atoms. The number of likely N-dealkylation sites (N-methyl/N-ethyl adjacent to an activating group) is 1. The van der Waals surface area contributed by atoms with Gasteiger partial charge in [0.1, 0.15) is 11.6 Å². The van der Waals surface area contributed by atoms with Crippen LogP contribution in [0.3, 0.4) is 0 Å². The molecule has 202 valence electrons. The van der Waals surface area contributed by atoms with Crippen molar-refractivity contribution in [2.75, 3.05) is 31.6 Å². The fourth-order valence-electron chi connectivity index (χ4n) is 6.73. The van der Waals surface area contributed by atoms with Crippen molar-refractivity contribution in [3.05, 3.63) is 89.0 Å². The van der Waals surface area contributed by atoms with Gasteiger partial charge in [-0.15, -0.1) is 0 Å². The molecule has 1 unspecified atom stereocenters. The maximum atomic E-state index is 14.7. The van der Waals surface area contributed by atoms with Crippen molar-refractivity contribution in [2.24, 2.45) is 11.8 Å². The van der Waals surface area contributed by atoms with Gasteiger partial charge in [-0.1, -0.05) is 78.4 Å². The Morgan fingerprint density at radius 1 is 1.03 bits per heavy atom. The van der Waals surface area contributed by atoms with Crippen LogP contribution in [0.25, 0.3) is 0 Å². The van der Waals surface area contributed by atoms with E-state index in [9.17, 15) is 19.5 Å². The summed E-state index contributed by atoms with van der Waals surface area (Å²) < 4.78 is 6.66. The number of aryl methyl sites for hydroxylation is 1. The zero-order valence-electron chi connectivity index (χ0n) is 21.7. The molecule has 8 nitrogen and oxygen atoms in total. The number of anilines is 1. The Hall–Kier alpha value is -3.46. The number of nitrogens with zero attached hydrogens (tertiary/aromatic N) is 3. The van der Waals surface area contributed by atoms with Crippen molar-refractivity contribution in [3.63, 3.8) is 0 Å². The predicted octanol–water partition coefficient (Wildman–Crippen LogP) is 2.89. The summed E-state index contributed by atoms with van der Waals surface area (Å²) in [7, 11) is 1.70. The minimum atomic E-state index is -1.40. The zero-order chi connectivity index (χ0) is 27.5. The molecular weight excluding hydrogens is 518 g/mol. The summed E-state index contributed by atoms with van der Waals surface area (Å²) in [5, 5.41) is 11.0. The van der Waals surface area contributed by atoms with Crippen LogP contribution in [0.5, 0.6) is 0 Å². The van der Waals surface area contributed by atoms with E-state index in [0.29, 0.717) is 22.8 Å². The van der Waals surface area contributed by atoms with E-state index in [1.165, 1.54) is 4.90 Å². The van der Waals surface area contributed by atoms with E-state index in [1.54, 1.807) is 29.0 Å². The lowest BCUT2D eigenvalue weighted by atomic mass is 9.77. The lowest BCUT2D eigenvalue weighted by molar-refractivity contribution is -0.146. The molecule has 6 rings (SSSR count). The number of fused-ring (bicyclic) bond motifs is 2. The molecule has 0 bridgehead atoms. The van der Waals surface area contributed by atoms with E-state index in [1.807, 2.05) is 67.6 Å². The molecular formula is C30H30ClN3O5. The Morgan fingerprint density at radius 2 is 1.79 bits per heavy atom. The van der Waals surface area contributed by atoms with Crippen molar-refractivity contribution in [1.82, 2.24) is 9.80 Å². The Labute approximate surface area is 232 Å². The highest BCUT2D eigenvalue weighted by Crippen LogP contribution is 2.55. The highest BCUT2D eigenvalue weighted by Gasteiger charge is 2.72. The Bertz CT molecular complexity index is 1370. The molecule has 4 aliphatic heterocycles. The summed E-state index contributed by atoms with van der Waals surface area (Å²) in [6, 6.07) is 12.6. The normalized spacial score (nSPS) is 30.7. The molecule has 1 N–H and O–H groups in total. The van der Waals surface area contributed by atoms with E-state index in [4.69, 9.17) is 16.3 Å². The summed E-state index contributed by atoms with van der Waals surface area (Å²) >= 11 is 6.61. The summed E-state index contributed by atoms with van der Waals surface area (Å²) in [5.74, 6) is -2.69. The second-order valence-corrected chi connectivity index (χ2v) is 11.0. The number of carbonyl (C=O) groups is 3. The van der Waals surface area contributed by atoms with Crippen molar-refractivity contribution < 1.29 is 24.2 Å². The number of hydrogen-bond acceptors (Lipinski definition) is 5. The average molecular weight is 548 g/mol. The molecule has 0 radical (unpaired) electrons. The third-order valence-corrected chi connectivity index (χ3v) is 8.75. The number of likely N-dealkylation sites (tertiary alicyclic amines) is 1. The van der Waals surface area contributed by atoms with Crippen LogP contribution < -0.4 is 4.90 Å². The van der Waals surface area contributed by atoms with E-state index in [0.717, 1.165) is 5.56 Å². The molecule has 6 atom stereocenters. The summed E-state index contributed by atoms with van der Waals surface area (Å²) in [4.78, 5) is 47.3. The molecule has 2 saturated heterocycles. The summed E-state index contributed by atoms with van der Waals surface area (Å²) in [5.41, 5.74) is 0.663. The number of rotatable bonds is 4. The molecule has 4 aliphatic rings. The van der Waals surface area contributed by atoms with Crippen LogP contribution in [0.15, 0.2) is 72.8 Å². The molecule has 2 aromatic rings. The van der Waals surface area contributed by atoms with Gasteiger partial charge in [-0.2, -0.15) is 0 Å². The van der Waals surface area contributed by atoms with Gasteiger partial charge < -0.3 is 24.5 Å². The van der Waals surface area contributed by atoms with Gasteiger partial charge in [0, 0.05) is 20.1 Å². The van der Waals surface area contributed by atoms with Gasteiger partial charge in [-0.05, 0) is 24.1 Å². The second kappa shape index (κ2) is 9.62. The van der Waals surface area contributed by atoms with Gasteiger partial charge in [0.2, 0.25) is 11.8 Å². The van der Waals surface area contributed by atoms with Crippen LogP contribution in [0, 0.1) is 18.8 Å². The monoisotopic (exact) mass is 547 g/mol. The average Bonchev–Trinajstić information content (AvgIpc) is 3.25. The van der Waals surface area contributed by atoms with E-state index < -0.39 is 42.2 Å². The molecule has 3 amide bonds. The fourth-order valence-corrected chi connectivity index (χ4v) is 7.06. The van der Waals surface area contributed by atoms with E-state index >= 15 is 0 Å². The largest absolute Gasteiger partial charge is 0.394 e. The van der Waals surface area contributed by atoms with Crippen molar-refractivity contribution in [1.29, 1.82) is 0 Å². The molecule has 0 aromatic heterocycles. The van der Waals surface area contributed by atoms with E-state index in [-0.39, 0.29) is 24.3 Å². The Balaban J connectivity index is 1.54. The van der Waals surface area contributed by atoms with Gasteiger partial charge >= 0.3 is 0 Å². The van der Waals surface area contributed by atoms with Crippen LogP contribution >= 0.6 is 11.6 Å². The molecule has 9 heteroatoms. The topological polar surface area (TPSA) is 90.4 Å². The Kier molecular flexibility index (Phi) is 6.37. The summed E-state index contributed by atoms with van der Waals surface area (Å²) in [6.45, 7) is 2.10. The number of aliphatic hydroxyl groups is 1. The van der Waals surface area contributed by atoms with Gasteiger partial charge in [0.05, 0.1) is 41.3 Å². The lowest BCUT2D eigenvalue weighted by Gasteiger charge is -2.39. The first-order valence-corrected chi connectivity index (χ1v) is 13.5. The predicted molar refractivity (Wildman–Crippen MR) is 146 cm³/mol. The van der Waals surface area contributed by atoms with Crippen LogP contribution in [0.1, 0.15) is 17.2 Å². The maximum Gasteiger partial charge on any atom is 0.253 e. The molecule has 0 saturated carbocycles. The third-order valence-electron chi connectivity index (χ3n) is 8.45. The zero-order valence-corrected chi connectivity index (χ0v) is 22.5. The third kappa shape index (κ3) is 3.77. The quantitative estimate of drug-likeness (QED) is 0.595. The minimum absolute atomic E-state index is 0.204. The second-order valence-electron chi connectivity index (χ2n) is 10.6. The van der Waals surface area contributed by atoms with E-state index in [2.05, 4.69) is 0 Å². The van der Waals surface area contributed by atoms with Crippen molar-refractivity contribution in [2.45, 2.75) is 30.7 Å². The van der Waals surface area contributed by atoms with Gasteiger partial charge in [-0.25, -0.2) is 0 Å². The number of benzene rings is 2. The van der Waals surface area contributed by atoms with Crippen molar-refractivity contribution in [3.8, 4) is 0 Å². The number of aliphatic hydroxyl groups excluding tert-OH is 1. The standard InChI is InChI=1S/C30H30ClN3O5/c1-18-9-6-12-20(31)25(18)33-16-8-14-30-24(23-22(39-30)13-7-15-32(2)27(23)36)28(37)34(26(30)29(33)38)21(17-35)19-10-4-3-5-11-19/h3-14,21-24,26,35H,15-17H2,1-2H3/t21-,22+,23-,24+,26?,30+/m1/s1. The fraction of sp³-hybridized carbons (Fsp3) is 0.367.